The van der Waals surface area contributed by atoms with Gasteiger partial charge in [0.05, 0.1) is 0 Å². The summed E-state index contributed by atoms with van der Waals surface area (Å²) in [6.07, 6.45) is 14.4. The summed E-state index contributed by atoms with van der Waals surface area (Å²) in [4.78, 5) is 5.35. The van der Waals surface area contributed by atoms with Crippen LogP contribution < -0.4 is 0 Å². The van der Waals surface area contributed by atoms with E-state index in [4.69, 9.17) is 0 Å². The molecule has 19 heavy (non-hydrogen) atoms. The van der Waals surface area contributed by atoms with Crippen LogP contribution in [0.5, 0.6) is 0 Å². The number of likely N-dealkylation sites (tertiary alicyclic amines) is 2. The fourth-order valence-electron chi connectivity index (χ4n) is 3.39. The van der Waals surface area contributed by atoms with E-state index in [1.807, 2.05) is 0 Å². The number of halogens is 1. The molecule has 2 rings (SSSR count). The molecule has 0 aliphatic carbocycles. The molecule has 2 saturated heterocycles. The van der Waals surface area contributed by atoms with Gasteiger partial charge in [0.1, 0.15) is 0 Å². The smallest absolute Gasteiger partial charge is 0.00187 e. The summed E-state index contributed by atoms with van der Waals surface area (Å²) in [5, 5.41) is 0. The Kier molecular flexibility index (Phi) is 10.2. The predicted octanol–water partition coefficient (Wildman–Crippen LogP) is 4.10. The van der Waals surface area contributed by atoms with Gasteiger partial charge < -0.3 is 9.80 Å². The van der Waals surface area contributed by atoms with Crippen LogP contribution in [-0.2, 0) is 0 Å². The van der Waals surface area contributed by atoms with E-state index in [0.717, 1.165) is 0 Å². The number of rotatable bonds is 7. The van der Waals surface area contributed by atoms with Gasteiger partial charge in [-0.25, -0.2) is 0 Å². The number of hydrogen-bond donors (Lipinski definition) is 0. The molecule has 0 spiro atoms. The van der Waals surface area contributed by atoms with E-state index in [-0.39, 0.29) is 17.0 Å². The standard InChI is InChI=1S/C16H32N2.BrH/c1(5-11-17-13-7-3-8-14-17)2-6-12-18-15-9-4-10-16-18;/h1-16H2;1H. The third kappa shape index (κ3) is 7.67. The number of hydrogen-bond acceptors (Lipinski definition) is 2. The van der Waals surface area contributed by atoms with Crippen molar-refractivity contribution in [2.24, 2.45) is 0 Å². The molecule has 0 aromatic heterocycles. The van der Waals surface area contributed by atoms with Crippen molar-refractivity contribution in [1.82, 2.24) is 9.80 Å². The van der Waals surface area contributed by atoms with Gasteiger partial charge >= 0.3 is 0 Å². The molecule has 0 atom stereocenters. The summed E-state index contributed by atoms with van der Waals surface area (Å²) in [6.45, 7) is 8.20. The van der Waals surface area contributed by atoms with Crippen LogP contribution in [0.3, 0.4) is 0 Å². The van der Waals surface area contributed by atoms with E-state index < -0.39 is 0 Å². The van der Waals surface area contributed by atoms with E-state index >= 15 is 0 Å². The fraction of sp³-hybridized carbons (Fsp3) is 1.00. The van der Waals surface area contributed by atoms with Crippen molar-refractivity contribution >= 4 is 17.0 Å². The maximum absolute atomic E-state index is 2.67. The Hall–Kier alpha value is 0.400. The summed E-state index contributed by atoms with van der Waals surface area (Å²) in [5.74, 6) is 0. The fourth-order valence-corrected chi connectivity index (χ4v) is 3.39. The highest BCUT2D eigenvalue weighted by Gasteiger charge is 2.10. The quantitative estimate of drug-likeness (QED) is 0.647. The lowest BCUT2D eigenvalue weighted by Crippen LogP contribution is -2.31. The van der Waals surface area contributed by atoms with E-state index in [2.05, 4.69) is 9.80 Å². The van der Waals surface area contributed by atoms with Crippen LogP contribution in [0, 0.1) is 0 Å². The lowest BCUT2D eigenvalue weighted by molar-refractivity contribution is 0.216. The SMILES string of the molecule is Br.C(CCCN1CCCCC1)CCN1CCCCC1. The normalized spacial score (nSPS) is 22.1. The predicted molar refractivity (Wildman–Crippen MR) is 89.4 cm³/mol. The minimum Gasteiger partial charge on any atom is -0.303 e. The van der Waals surface area contributed by atoms with Crippen molar-refractivity contribution in [3.8, 4) is 0 Å². The van der Waals surface area contributed by atoms with Crippen LogP contribution in [0.2, 0.25) is 0 Å². The Morgan fingerprint density at radius 1 is 0.474 bits per heavy atom. The third-order valence-corrected chi connectivity index (χ3v) is 4.60. The Bertz CT molecular complexity index is 177. The van der Waals surface area contributed by atoms with Crippen molar-refractivity contribution in [1.29, 1.82) is 0 Å². The molecule has 114 valence electrons. The van der Waals surface area contributed by atoms with E-state index in [9.17, 15) is 0 Å². The first kappa shape index (κ1) is 17.5. The zero-order valence-electron chi connectivity index (χ0n) is 12.6. The van der Waals surface area contributed by atoms with Gasteiger partial charge in [-0.2, -0.15) is 0 Å². The molecular formula is C16H33BrN2. The second-order valence-corrected chi connectivity index (χ2v) is 6.22. The second-order valence-electron chi connectivity index (χ2n) is 6.22. The van der Waals surface area contributed by atoms with Crippen LogP contribution >= 0.6 is 17.0 Å². The van der Waals surface area contributed by atoms with E-state index in [1.165, 1.54) is 103 Å². The minimum atomic E-state index is 0. The highest BCUT2D eigenvalue weighted by molar-refractivity contribution is 8.93. The zero-order chi connectivity index (χ0) is 12.5. The summed E-state index contributed by atoms with van der Waals surface area (Å²) < 4.78 is 0. The van der Waals surface area contributed by atoms with Gasteiger partial charge in [-0.15, -0.1) is 17.0 Å². The molecule has 0 aromatic carbocycles. The lowest BCUT2D eigenvalue weighted by atomic mass is 10.1. The topological polar surface area (TPSA) is 6.48 Å². The Balaban J connectivity index is 0.00000180. The molecule has 0 unspecified atom stereocenters. The zero-order valence-corrected chi connectivity index (χ0v) is 14.3. The van der Waals surface area contributed by atoms with Crippen molar-refractivity contribution in [2.75, 3.05) is 39.3 Å². The molecule has 0 N–H and O–H groups in total. The van der Waals surface area contributed by atoms with Crippen LogP contribution in [0.25, 0.3) is 0 Å². The average molecular weight is 333 g/mol. The minimum absolute atomic E-state index is 0. The van der Waals surface area contributed by atoms with Crippen molar-refractivity contribution < 1.29 is 0 Å². The molecule has 3 heteroatoms. The van der Waals surface area contributed by atoms with Crippen molar-refractivity contribution in [3.05, 3.63) is 0 Å². The molecule has 2 aliphatic heterocycles. The van der Waals surface area contributed by atoms with Crippen LogP contribution in [0.1, 0.15) is 64.2 Å². The molecule has 0 saturated carbocycles. The highest BCUT2D eigenvalue weighted by Crippen LogP contribution is 2.12. The Morgan fingerprint density at radius 3 is 1.21 bits per heavy atom. The molecule has 2 heterocycles. The van der Waals surface area contributed by atoms with Gasteiger partial charge in [0, 0.05) is 0 Å². The number of unbranched alkanes of at least 4 members (excludes halogenated alkanes) is 3. The molecule has 0 bridgehead atoms. The van der Waals surface area contributed by atoms with Crippen molar-refractivity contribution in [2.45, 2.75) is 64.2 Å². The molecule has 0 radical (unpaired) electrons. The van der Waals surface area contributed by atoms with Gasteiger partial charge in [0.15, 0.2) is 0 Å². The maximum atomic E-state index is 2.67. The van der Waals surface area contributed by atoms with Gasteiger partial charge in [-0.05, 0) is 77.8 Å². The highest BCUT2D eigenvalue weighted by atomic mass is 79.9. The summed E-state index contributed by atoms with van der Waals surface area (Å²) in [5.41, 5.74) is 0. The number of nitrogens with zero attached hydrogens (tertiary/aromatic N) is 2. The van der Waals surface area contributed by atoms with Crippen LogP contribution in [0.4, 0.5) is 0 Å². The molecule has 0 amide bonds. The van der Waals surface area contributed by atoms with E-state index in [1.54, 1.807) is 0 Å². The number of piperidine rings is 2. The molecule has 0 aromatic rings. The van der Waals surface area contributed by atoms with Gasteiger partial charge in [0.25, 0.3) is 0 Å². The summed E-state index contributed by atoms with van der Waals surface area (Å²) in [7, 11) is 0. The molecule has 2 fully saturated rings. The summed E-state index contributed by atoms with van der Waals surface area (Å²) in [6, 6.07) is 0. The van der Waals surface area contributed by atoms with Gasteiger partial charge in [-0.3, -0.25) is 0 Å². The lowest BCUT2D eigenvalue weighted by Gasteiger charge is -2.27. The van der Waals surface area contributed by atoms with Crippen molar-refractivity contribution in [3.63, 3.8) is 0 Å². The van der Waals surface area contributed by atoms with Crippen LogP contribution in [-0.4, -0.2) is 49.1 Å². The average Bonchev–Trinajstić information content (AvgIpc) is 2.45. The summed E-state index contributed by atoms with van der Waals surface area (Å²) >= 11 is 0. The van der Waals surface area contributed by atoms with E-state index in [0.29, 0.717) is 0 Å². The van der Waals surface area contributed by atoms with Gasteiger partial charge in [-0.1, -0.05) is 25.7 Å². The Labute approximate surface area is 130 Å². The largest absolute Gasteiger partial charge is 0.303 e. The van der Waals surface area contributed by atoms with Crippen LogP contribution in [0.15, 0.2) is 0 Å². The first-order valence-corrected chi connectivity index (χ1v) is 8.40. The second kappa shape index (κ2) is 11.1. The Morgan fingerprint density at radius 2 is 0.842 bits per heavy atom. The van der Waals surface area contributed by atoms with Gasteiger partial charge in [0.2, 0.25) is 0 Å². The monoisotopic (exact) mass is 332 g/mol. The molecular weight excluding hydrogens is 300 g/mol. The third-order valence-electron chi connectivity index (χ3n) is 4.60. The maximum Gasteiger partial charge on any atom is -0.00187 e. The molecule has 2 aliphatic rings. The first-order valence-electron chi connectivity index (χ1n) is 8.40. The first-order chi connectivity index (χ1) is 8.95. The molecule has 2 nitrogen and oxygen atoms in total.